The molecule has 5 nitrogen and oxygen atoms in total. The molecule has 0 aliphatic carbocycles. The summed E-state index contributed by atoms with van der Waals surface area (Å²) in [4.78, 5) is 3.30. The predicted octanol–water partition coefficient (Wildman–Crippen LogP) is -2.43. The van der Waals surface area contributed by atoms with Crippen molar-refractivity contribution in [2.24, 2.45) is 16.5 Å². The van der Waals surface area contributed by atoms with Gasteiger partial charge >= 0.3 is 0 Å². The van der Waals surface area contributed by atoms with E-state index in [1.54, 1.807) is 0 Å². The van der Waals surface area contributed by atoms with E-state index in [1.165, 1.54) is 0 Å². The number of aliphatic hydroxyl groups excluding tert-OH is 1. The number of rotatable bonds is 2. The molecule has 0 rings (SSSR count). The summed E-state index contributed by atoms with van der Waals surface area (Å²) in [6.45, 7) is -0.164. The fourth-order valence-corrected chi connectivity index (χ4v) is 0.187. The monoisotopic (exact) mass is 119 g/mol. The molecule has 0 fully saturated rings. The third kappa shape index (κ3) is 5.19. The molecule has 5 heteroatoms. The lowest BCUT2D eigenvalue weighted by Crippen LogP contribution is -2.24. The standard InChI is InChI=1S/C3H9N3O2/c4-3(5)6-1-2(7)8/h2,7-8H,1H2,(H4,4,5,6). The van der Waals surface area contributed by atoms with Gasteiger partial charge in [0, 0.05) is 0 Å². The molecule has 0 atom stereocenters. The molecule has 0 spiro atoms. The van der Waals surface area contributed by atoms with E-state index in [-0.39, 0.29) is 12.5 Å². The molecule has 0 saturated heterocycles. The van der Waals surface area contributed by atoms with Crippen molar-refractivity contribution in [2.75, 3.05) is 6.54 Å². The molecule has 0 unspecified atom stereocenters. The molecule has 0 aromatic rings. The Hall–Kier alpha value is -0.810. The van der Waals surface area contributed by atoms with Crippen molar-refractivity contribution in [2.45, 2.75) is 6.29 Å². The normalized spacial score (nSPS) is 9.38. The molecule has 0 aromatic carbocycles. The highest BCUT2D eigenvalue weighted by Crippen LogP contribution is 1.73. The highest BCUT2D eigenvalue weighted by molar-refractivity contribution is 5.75. The molecule has 48 valence electrons. The van der Waals surface area contributed by atoms with Crippen LogP contribution >= 0.6 is 0 Å². The molecule has 0 amide bonds. The van der Waals surface area contributed by atoms with E-state index in [2.05, 4.69) is 4.99 Å². The fourth-order valence-electron chi connectivity index (χ4n) is 0.187. The minimum Gasteiger partial charge on any atom is -0.370 e. The molecule has 0 aromatic heterocycles. The van der Waals surface area contributed by atoms with Crippen molar-refractivity contribution in [3.63, 3.8) is 0 Å². The summed E-state index contributed by atoms with van der Waals surface area (Å²) in [5, 5.41) is 16.3. The molecule has 0 heterocycles. The molecule has 0 radical (unpaired) electrons. The summed E-state index contributed by atoms with van der Waals surface area (Å²) < 4.78 is 0. The van der Waals surface area contributed by atoms with E-state index >= 15 is 0 Å². The van der Waals surface area contributed by atoms with Crippen LogP contribution in [0.5, 0.6) is 0 Å². The number of nitrogens with two attached hydrogens (primary N) is 2. The molecule has 0 bridgehead atoms. The average Bonchev–Trinajstić information content (AvgIpc) is 1.61. The van der Waals surface area contributed by atoms with Gasteiger partial charge < -0.3 is 21.7 Å². The average molecular weight is 119 g/mol. The van der Waals surface area contributed by atoms with E-state index in [0.717, 1.165) is 0 Å². The second-order valence-corrected chi connectivity index (χ2v) is 1.25. The predicted molar refractivity (Wildman–Crippen MR) is 28.9 cm³/mol. The quantitative estimate of drug-likeness (QED) is 0.184. The van der Waals surface area contributed by atoms with Crippen LogP contribution in [0.2, 0.25) is 0 Å². The molecule has 6 N–H and O–H groups in total. The van der Waals surface area contributed by atoms with E-state index in [0.29, 0.717) is 0 Å². The molecule has 0 saturated carbocycles. The number of nitrogens with zero attached hydrogens (tertiary/aromatic N) is 1. The lowest BCUT2D eigenvalue weighted by Gasteiger charge is -1.95. The SMILES string of the molecule is NC(N)=NCC(O)O. The van der Waals surface area contributed by atoms with E-state index in [1.807, 2.05) is 0 Å². The summed E-state index contributed by atoms with van der Waals surface area (Å²) >= 11 is 0. The first-order chi connectivity index (χ1) is 3.63. The van der Waals surface area contributed by atoms with Crippen LogP contribution in [0.1, 0.15) is 0 Å². The van der Waals surface area contributed by atoms with Gasteiger partial charge in [-0.25, -0.2) is 4.99 Å². The van der Waals surface area contributed by atoms with Gasteiger partial charge in [-0.1, -0.05) is 0 Å². The number of hydrogen-bond acceptors (Lipinski definition) is 3. The van der Waals surface area contributed by atoms with Gasteiger partial charge in [-0.15, -0.1) is 0 Å². The summed E-state index contributed by atoms with van der Waals surface area (Å²) in [6, 6.07) is 0. The Kier molecular flexibility index (Phi) is 2.90. The van der Waals surface area contributed by atoms with Crippen molar-refractivity contribution in [1.29, 1.82) is 0 Å². The Morgan fingerprint density at radius 2 is 2.00 bits per heavy atom. The van der Waals surface area contributed by atoms with Crippen LogP contribution < -0.4 is 11.5 Å². The summed E-state index contributed by atoms with van der Waals surface area (Å²) in [5.41, 5.74) is 9.69. The first-order valence-electron chi connectivity index (χ1n) is 2.04. The van der Waals surface area contributed by atoms with Crippen molar-refractivity contribution < 1.29 is 10.2 Å². The summed E-state index contributed by atoms with van der Waals surface area (Å²) in [5.74, 6) is -0.141. The second-order valence-electron chi connectivity index (χ2n) is 1.25. The Morgan fingerprint density at radius 1 is 1.50 bits per heavy atom. The zero-order valence-electron chi connectivity index (χ0n) is 4.28. The lowest BCUT2D eigenvalue weighted by atomic mass is 10.6. The van der Waals surface area contributed by atoms with E-state index < -0.39 is 6.29 Å². The molecule has 0 aliphatic heterocycles. The van der Waals surface area contributed by atoms with Crippen molar-refractivity contribution in [1.82, 2.24) is 0 Å². The number of aliphatic imine (C=N–C) groups is 1. The van der Waals surface area contributed by atoms with Crippen LogP contribution in [0.15, 0.2) is 4.99 Å². The first-order valence-corrected chi connectivity index (χ1v) is 2.04. The van der Waals surface area contributed by atoms with Gasteiger partial charge in [-0.2, -0.15) is 0 Å². The Balaban J connectivity index is 3.29. The van der Waals surface area contributed by atoms with E-state index in [4.69, 9.17) is 21.7 Å². The Morgan fingerprint density at radius 3 is 2.12 bits per heavy atom. The summed E-state index contributed by atoms with van der Waals surface area (Å²) in [7, 11) is 0. The molecular formula is C3H9N3O2. The van der Waals surface area contributed by atoms with Gasteiger partial charge in [0.05, 0.1) is 6.54 Å². The maximum absolute atomic E-state index is 8.14. The minimum atomic E-state index is -1.46. The van der Waals surface area contributed by atoms with Gasteiger partial charge in [-0.3, -0.25) is 0 Å². The number of hydrogen-bond donors (Lipinski definition) is 4. The van der Waals surface area contributed by atoms with Crippen molar-refractivity contribution in [3.8, 4) is 0 Å². The maximum atomic E-state index is 8.14. The van der Waals surface area contributed by atoms with Crippen LogP contribution in [0.3, 0.4) is 0 Å². The molecule has 0 aliphatic rings. The second kappa shape index (κ2) is 3.23. The largest absolute Gasteiger partial charge is 0.370 e. The molecular weight excluding hydrogens is 110 g/mol. The van der Waals surface area contributed by atoms with Gasteiger partial charge in [0.1, 0.15) is 0 Å². The van der Waals surface area contributed by atoms with Gasteiger partial charge in [0.2, 0.25) is 0 Å². The minimum absolute atomic E-state index is 0.141. The summed E-state index contributed by atoms with van der Waals surface area (Å²) in [6.07, 6.45) is -1.46. The van der Waals surface area contributed by atoms with Gasteiger partial charge in [0.25, 0.3) is 0 Å². The third-order valence-corrected chi connectivity index (χ3v) is 0.437. The van der Waals surface area contributed by atoms with Gasteiger partial charge in [-0.05, 0) is 0 Å². The Labute approximate surface area is 46.6 Å². The van der Waals surface area contributed by atoms with Crippen molar-refractivity contribution >= 4 is 5.96 Å². The lowest BCUT2D eigenvalue weighted by molar-refractivity contribution is -0.0305. The van der Waals surface area contributed by atoms with Crippen LogP contribution in [-0.4, -0.2) is 29.0 Å². The number of aliphatic hydroxyl groups is 2. The van der Waals surface area contributed by atoms with Crippen LogP contribution in [-0.2, 0) is 0 Å². The first kappa shape index (κ1) is 7.19. The van der Waals surface area contributed by atoms with Crippen LogP contribution in [0.25, 0.3) is 0 Å². The fraction of sp³-hybridized carbons (Fsp3) is 0.667. The van der Waals surface area contributed by atoms with Gasteiger partial charge in [0.15, 0.2) is 12.2 Å². The van der Waals surface area contributed by atoms with Crippen LogP contribution in [0.4, 0.5) is 0 Å². The maximum Gasteiger partial charge on any atom is 0.186 e. The van der Waals surface area contributed by atoms with Crippen molar-refractivity contribution in [3.05, 3.63) is 0 Å². The highest BCUT2D eigenvalue weighted by Gasteiger charge is 1.91. The molecule has 8 heavy (non-hydrogen) atoms. The third-order valence-electron chi connectivity index (χ3n) is 0.437. The van der Waals surface area contributed by atoms with E-state index in [9.17, 15) is 0 Å². The topological polar surface area (TPSA) is 105 Å². The van der Waals surface area contributed by atoms with Crippen LogP contribution in [0, 0.1) is 0 Å². The smallest absolute Gasteiger partial charge is 0.186 e. The Bertz CT molecular complexity index is 86.5. The zero-order valence-corrected chi connectivity index (χ0v) is 4.28. The highest BCUT2D eigenvalue weighted by atomic mass is 16.5. The zero-order chi connectivity index (χ0) is 6.57. The number of guanidine groups is 1.